The Hall–Kier alpha value is -7.87. The monoisotopic (exact) mass is 1670 g/mol. The molecule has 12 aliphatic rings. The van der Waals surface area contributed by atoms with Gasteiger partial charge in [0.25, 0.3) is 0 Å². The molecule has 0 radical (unpaired) electrons. The Morgan fingerprint density at radius 2 is 0.975 bits per heavy atom. The summed E-state index contributed by atoms with van der Waals surface area (Å²) >= 11 is 0. The van der Waals surface area contributed by atoms with Crippen molar-refractivity contribution in [1.29, 1.82) is 0 Å². The Morgan fingerprint density at radius 1 is 0.555 bits per heavy atom. The molecule has 22 atom stereocenters. The Kier molecular flexibility index (Phi) is 25.7. The number of piperidine rings is 2. The van der Waals surface area contributed by atoms with Crippen LogP contribution in [0.5, 0.6) is 0 Å². The third-order valence-electron chi connectivity index (χ3n) is 31.1. The lowest BCUT2D eigenvalue weighted by Crippen LogP contribution is -2.54. The molecule has 4 saturated heterocycles. The number of nitrogens with one attached hydrogen (secondary N) is 2. The van der Waals surface area contributed by atoms with Crippen molar-refractivity contribution in [2.45, 2.75) is 258 Å². The summed E-state index contributed by atoms with van der Waals surface area (Å²) in [6.07, 6.45) is 22.3. The molecule has 0 unspecified atom stereocenters. The zero-order chi connectivity index (χ0) is 83.9. The molecular formula is C95H128N8O14S2. The highest BCUT2D eigenvalue weighted by atomic mass is 32.2. The molecule has 17 rings (SSSR count). The smallest absolute Gasteiger partial charge is 0.493 e. The summed E-state index contributed by atoms with van der Waals surface area (Å²) in [7, 11) is -4.55. The van der Waals surface area contributed by atoms with Crippen molar-refractivity contribution in [2.75, 3.05) is 32.1 Å². The van der Waals surface area contributed by atoms with Crippen molar-refractivity contribution < 1.29 is 68.7 Å². The van der Waals surface area contributed by atoms with Crippen LogP contribution in [0.15, 0.2) is 173 Å². The van der Waals surface area contributed by atoms with E-state index in [1.165, 1.54) is 62.9 Å². The fraction of sp³-hybridized carbons (Fsp3) is 0.611. The van der Waals surface area contributed by atoms with Gasteiger partial charge in [-0.15, -0.1) is 8.42 Å². The predicted molar refractivity (Wildman–Crippen MR) is 456 cm³/mol. The number of fused-ring (bicyclic) bond motifs is 12. The summed E-state index contributed by atoms with van der Waals surface area (Å²) in [5, 5.41) is 11.6. The van der Waals surface area contributed by atoms with E-state index < -0.39 is 32.6 Å². The molecule has 644 valence electrons. The normalized spacial score (nSPS) is 35.1. The first-order valence-electron chi connectivity index (χ1n) is 44.2. The lowest BCUT2D eigenvalue weighted by Gasteiger charge is -2.54. The van der Waals surface area contributed by atoms with Crippen molar-refractivity contribution in [3.8, 4) is 0 Å². The van der Waals surface area contributed by atoms with Gasteiger partial charge in [-0.25, -0.2) is 19.1 Å². The molecule has 4 N–H and O–H groups in total. The third-order valence-corrected chi connectivity index (χ3v) is 33.4. The maximum Gasteiger partial charge on any atom is 0.493 e. The van der Waals surface area contributed by atoms with Crippen LogP contribution in [0, 0.1) is 81.8 Å². The first kappa shape index (κ1) is 86.1. The van der Waals surface area contributed by atoms with Crippen LogP contribution in [0.4, 0.5) is 20.1 Å². The highest BCUT2D eigenvalue weighted by molar-refractivity contribution is 7.88. The number of benzene rings is 4. The van der Waals surface area contributed by atoms with Crippen molar-refractivity contribution in [2.24, 2.45) is 92.0 Å². The van der Waals surface area contributed by atoms with Gasteiger partial charge in [-0.1, -0.05) is 194 Å². The van der Waals surface area contributed by atoms with E-state index in [0.717, 1.165) is 146 Å². The maximum atomic E-state index is 13.7. The molecule has 119 heavy (non-hydrogen) atoms. The van der Waals surface area contributed by atoms with Gasteiger partial charge < -0.3 is 54.0 Å². The van der Waals surface area contributed by atoms with E-state index in [4.69, 9.17) is 34.2 Å². The number of nitrogens with zero attached hydrogens (tertiary/aromatic N) is 5. The molecule has 5 heterocycles. The molecule has 1 aromatic heterocycles. The maximum absolute atomic E-state index is 13.7. The molecule has 2 spiro atoms. The van der Waals surface area contributed by atoms with Gasteiger partial charge in [0.15, 0.2) is 18.5 Å². The quantitative estimate of drug-likeness (QED) is 0.0306. The van der Waals surface area contributed by atoms with Gasteiger partial charge in [-0.05, 0) is 235 Å². The van der Waals surface area contributed by atoms with E-state index in [9.17, 15) is 36.3 Å². The van der Waals surface area contributed by atoms with Crippen LogP contribution < -0.4 is 29.2 Å². The predicted octanol–water partition coefficient (Wildman–Crippen LogP) is 15.8. The summed E-state index contributed by atoms with van der Waals surface area (Å²) in [6.45, 7) is 21.1. The van der Waals surface area contributed by atoms with Crippen LogP contribution in [-0.4, -0.2) is 126 Å². The van der Waals surface area contributed by atoms with Crippen LogP contribution in [0.3, 0.4) is 0 Å². The number of ether oxygens (including phenoxy) is 6. The minimum atomic E-state index is -4.16. The van der Waals surface area contributed by atoms with Crippen molar-refractivity contribution in [3.63, 3.8) is 0 Å². The number of amides is 3. The van der Waals surface area contributed by atoms with Crippen LogP contribution in [0.1, 0.15) is 206 Å². The Bertz CT molecular complexity index is 4740. The standard InChI is InChI=1S/C44H59N3O7S.C36H52N2O3.C15H17N3O4S/c1-28-21-39-40(47(25-28)42(49)53-27-32-13-9-6-10-14-32)30(3)44(54-39)20-18-35-36-16-15-33-22-34(17-19-43(33,4)38(36)23-37(35)29(2)24-44)45-55(50,51)46-41(48)52-26-31-11-7-5-8-12-31;1-22-16-32-33(38(20-22)34(39)40-21-25-8-6-5-7-9-25)24(3)36(41-32)15-13-28-29-11-10-26-17-27(37)12-14-35(26,4)31(29)18-30(28)23(2)19-36;1-17(2)14-8-10-18(11-9-14)23(20,21)16-15(19)22-12-13-6-4-3-5-7-13/h5-14,28,30,33-36,38-40,45H,15-27H2,1-4H3,(H,46,48);5-9,22,24,26-29,31-33H,10-21,37H2,1-4H3;3-11H,12H2,1-2H3/t28-,30+,33+,34+,35-,36-,38-,39+,40-,43-,44-;22-,24+,26+,27+,28-,29-,31-,32+,33-,35-,36-;/m00./s1. The van der Waals surface area contributed by atoms with Gasteiger partial charge in [-0.3, -0.25) is 0 Å². The number of likely N-dealkylation sites (tertiary alicyclic amines) is 2. The van der Waals surface area contributed by atoms with Crippen LogP contribution in [0.25, 0.3) is 0 Å². The van der Waals surface area contributed by atoms with E-state index in [2.05, 4.69) is 69.2 Å². The van der Waals surface area contributed by atoms with E-state index in [0.29, 0.717) is 66.0 Å². The van der Waals surface area contributed by atoms with Crippen molar-refractivity contribution >= 4 is 50.5 Å². The number of anilines is 1. The first-order chi connectivity index (χ1) is 56.9. The van der Waals surface area contributed by atoms with Gasteiger partial charge in [-0.2, -0.15) is 13.1 Å². The van der Waals surface area contributed by atoms with Crippen molar-refractivity contribution in [1.82, 2.24) is 19.2 Å². The number of aromatic nitrogens is 1. The summed E-state index contributed by atoms with van der Waals surface area (Å²) in [5.74, 6) is 6.62. The molecule has 8 aliphatic carbocycles. The van der Waals surface area contributed by atoms with E-state index >= 15 is 0 Å². The largest absolute Gasteiger partial charge is 0.595 e. The Morgan fingerprint density at radius 3 is 1.42 bits per heavy atom. The second-order valence-electron chi connectivity index (χ2n) is 38.5. The number of pyridine rings is 1. The fourth-order valence-electron chi connectivity index (χ4n) is 25.1. The van der Waals surface area contributed by atoms with Crippen LogP contribution >= 0.6 is 0 Å². The fourth-order valence-corrected chi connectivity index (χ4v) is 26.9. The second kappa shape index (κ2) is 35.5. The molecule has 24 heteroatoms. The summed E-state index contributed by atoms with van der Waals surface area (Å²) in [4.78, 5) is 45.4. The topological polar surface area (TPSA) is 274 Å². The number of carbonyl (C=O) groups is 3. The lowest BCUT2D eigenvalue weighted by atomic mass is 9.52. The van der Waals surface area contributed by atoms with E-state index in [1.807, 2.05) is 126 Å². The molecule has 5 aromatic rings. The molecular weight excluding hydrogens is 1540 g/mol. The van der Waals surface area contributed by atoms with Gasteiger partial charge in [0, 0.05) is 75.5 Å². The summed E-state index contributed by atoms with van der Waals surface area (Å²) in [5.41, 5.74) is 17.5. The average Bonchev–Trinajstić information content (AvgIpc) is 1.57. The minimum Gasteiger partial charge on any atom is -0.595 e. The van der Waals surface area contributed by atoms with Crippen molar-refractivity contribution in [3.05, 3.63) is 190 Å². The number of nitrogens with two attached hydrogens (primary N) is 1. The van der Waals surface area contributed by atoms with Gasteiger partial charge >= 0.3 is 38.7 Å². The highest BCUT2D eigenvalue weighted by Gasteiger charge is 2.64. The second-order valence-corrected chi connectivity index (χ2v) is 41.5. The third kappa shape index (κ3) is 18.3. The minimum absolute atomic E-state index is 0.00344. The Labute approximate surface area is 706 Å². The molecule has 22 nitrogen and oxygen atoms in total. The zero-order valence-corrected chi connectivity index (χ0v) is 73.1. The molecule has 4 aliphatic heterocycles. The SMILES string of the molecule is CC1=C2C[C@H]3[C@@H](CC[C@@H]4C[C@H](N)CC[C@@]43C)[C@@H]2CC[C@@]2(C1)O[C@@H]1C[C@H](C)CN(C(=O)OCc3ccccc3)[C@H]1[C@H]2C.CC1=C2C[C@H]3[C@@H](CC[C@@H]4C[C@H](NS(=O)(=O)NC(=O)OCc5ccccc5)CC[C@@]43C)[C@@H]2CC[C@@]2(C1)O[C@@H]1C[C@H](C)CN(C(=O)OCc3ccccc3)[C@H]1[C@H]2C.CN(C)c1cc[n+](S(=O)(=O)N=C([O-])OCc2ccccc2)cc1. The number of hydrogen-bond donors (Lipinski definition) is 3. The van der Waals surface area contributed by atoms with Crippen LogP contribution in [-0.2, 0) is 75.3 Å². The molecule has 4 aromatic carbocycles. The Balaban J connectivity index is 0.000000151. The number of allylic oxidation sites excluding steroid dienone is 2. The number of hydrogen-bond acceptors (Lipinski definition) is 16. The molecule has 0 bridgehead atoms. The highest BCUT2D eigenvalue weighted by Crippen LogP contribution is 2.68. The first-order valence-corrected chi connectivity index (χ1v) is 47.1. The number of rotatable bonds is 14. The summed E-state index contributed by atoms with van der Waals surface area (Å²) in [6, 6.07) is 41.6. The molecule has 10 fully saturated rings. The van der Waals surface area contributed by atoms with E-state index in [1.54, 1.807) is 53.1 Å². The lowest BCUT2D eigenvalue weighted by molar-refractivity contribution is -0.511. The average molecular weight is 1670 g/mol. The number of carbonyl (C=O) groups excluding carboxylic acids is 3. The van der Waals surface area contributed by atoms with Gasteiger partial charge in [0.1, 0.15) is 19.8 Å². The van der Waals surface area contributed by atoms with Gasteiger partial charge in [0.2, 0.25) is 0 Å². The van der Waals surface area contributed by atoms with Crippen LogP contribution in [0.2, 0.25) is 0 Å². The molecule has 6 saturated carbocycles. The summed E-state index contributed by atoms with van der Waals surface area (Å²) < 4.78 is 95.0. The van der Waals surface area contributed by atoms with E-state index in [-0.39, 0.29) is 84.9 Å². The van der Waals surface area contributed by atoms with Gasteiger partial charge in [0.05, 0.1) is 35.5 Å². The zero-order valence-electron chi connectivity index (χ0n) is 71.5. The molecule has 3 amide bonds.